The monoisotopic (exact) mass is 390 g/mol. The van der Waals surface area contributed by atoms with E-state index in [0.717, 1.165) is 12.8 Å². The average molecular weight is 390 g/mol. The highest BCUT2D eigenvalue weighted by Crippen LogP contribution is 2.14. The molecule has 0 heterocycles. The summed E-state index contributed by atoms with van der Waals surface area (Å²) in [4.78, 5) is 17.3. The molecule has 2 atom stereocenters. The molecule has 0 radical (unpaired) electrons. The Bertz CT molecular complexity index is 752. The molecule has 0 aromatic heterocycles. The zero-order chi connectivity index (χ0) is 20.4. The lowest BCUT2D eigenvalue weighted by molar-refractivity contribution is -0.132. The number of hydrogen-bond donors (Lipinski definition) is 1. The Labute approximate surface area is 163 Å². The van der Waals surface area contributed by atoms with E-state index in [4.69, 9.17) is 4.84 Å². The van der Waals surface area contributed by atoms with Gasteiger partial charge >= 0.3 is 6.61 Å². The van der Waals surface area contributed by atoms with Crippen LogP contribution in [0.4, 0.5) is 8.78 Å². The number of nitrogens with one attached hydrogen (secondary N) is 1. The van der Waals surface area contributed by atoms with Crippen molar-refractivity contribution in [3.8, 4) is 5.75 Å². The molecule has 28 heavy (non-hydrogen) atoms. The lowest BCUT2D eigenvalue weighted by atomic mass is 10.1. The SMILES string of the molecule is CC(CCc1ccccc1)NC(=O)C(C)O/N=C/c1ccc(OC(F)F)cc1. The van der Waals surface area contributed by atoms with Gasteiger partial charge in [0.1, 0.15) is 5.75 Å². The molecule has 2 aromatic rings. The number of alkyl halides is 2. The van der Waals surface area contributed by atoms with E-state index < -0.39 is 12.7 Å². The van der Waals surface area contributed by atoms with Crippen molar-refractivity contribution in [1.82, 2.24) is 5.32 Å². The molecule has 0 fully saturated rings. The van der Waals surface area contributed by atoms with Crippen LogP contribution in [-0.2, 0) is 16.1 Å². The number of benzene rings is 2. The Morgan fingerprint density at radius 1 is 1.11 bits per heavy atom. The molecule has 0 aliphatic carbocycles. The third kappa shape index (κ3) is 7.73. The molecule has 2 unspecified atom stereocenters. The topological polar surface area (TPSA) is 59.9 Å². The summed E-state index contributed by atoms with van der Waals surface area (Å²) in [7, 11) is 0. The van der Waals surface area contributed by atoms with E-state index in [1.807, 2.05) is 25.1 Å². The summed E-state index contributed by atoms with van der Waals surface area (Å²) in [5.74, 6) is -0.191. The van der Waals surface area contributed by atoms with Gasteiger partial charge in [-0.25, -0.2) is 0 Å². The number of rotatable bonds is 10. The van der Waals surface area contributed by atoms with Gasteiger partial charge in [0.25, 0.3) is 5.91 Å². The van der Waals surface area contributed by atoms with Crippen molar-refractivity contribution in [2.75, 3.05) is 0 Å². The molecule has 0 saturated carbocycles. The minimum atomic E-state index is -2.86. The van der Waals surface area contributed by atoms with E-state index in [1.54, 1.807) is 19.1 Å². The molecule has 150 valence electrons. The number of ether oxygens (including phenoxy) is 1. The zero-order valence-corrected chi connectivity index (χ0v) is 15.8. The Kier molecular flexibility index (Phi) is 8.39. The normalized spacial score (nSPS) is 13.3. The van der Waals surface area contributed by atoms with Gasteiger partial charge in [0.05, 0.1) is 6.21 Å². The molecule has 0 bridgehead atoms. The van der Waals surface area contributed by atoms with E-state index >= 15 is 0 Å². The van der Waals surface area contributed by atoms with Gasteiger partial charge < -0.3 is 14.9 Å². The number of carbonyl (C=O) groups excluding carboxylic acids is 1. The Morgan fingerprint density at radius 2 is 1.79 bits per heavy atom. The van der Waals surface area contributed by atoms with Gasteiger partial charge in [-0.1, -0.05) is 35.5 Å². The van der Waals surface area contributed by atoms with Crippen molar-refractivity contribution in [3.05, 3.63) is 65.7 Å². The molecule has 7 heteroatoms. The Morgan fingerprint density at radius 3 is 2.43 bits per heavy atom. The fraction of sp³-hybridized carbons (Fsp3) is 0.333. The van der Waals surface area contributed by atoms with Gasteiger partial charge in [-0.05, 0) is 62.1 Å². The van der Waals surface area contributed by atoms with Gasteiger partial charge in [-0.3, -0.25) is 4.79 Å². The van der Waals surface area contributed by atoms with Gasteiger partial charge in [0.2, 0.25) is 6.10 Å². The summed E-state index contributed by atoms with van der Waals surface area (Å²) >= 11 is 0. The van der Waals surface area contributed by atoms with Gasteiger partial charge in [-0.15, -0.1) is 0 Å². The van der Waals surface area contributed by atoms with Crippen LogP contribution >= 0.6 is 0 Å². The largest absolute Gasteiger partial charge is 0.435 e. The van der Waals surface area contributed by atoms with Crippen LogP contribution < -0.4 is 10.1 Å². The minimum Gasteiger partial charge on any atom is -0.435 e. The number of carbonyl (C=O) groups is 1. The van der Waals surface area contributed by atoms with Gasteiger partial charge in [-0.2, -0.15) is 8.78 Å². The quantitative estimate of drug-likeness (QED) is 0.489. The van der Waals surface area contributed by atoms with Crippen molar-refractivity contribution in [1.29, 1.82) is 0 Å². The summed E-state index contributed by atoms with van der Waals surface area (Å²) in [5, 5.41) is 6.68. The van der Waals surface area contributed by atoms with Crippen LogP contribution in [-0.4, -0.2) is 30.9 Å². The highest BCUT2D eigenvalue weighted by atomic mass is 19.3. The summed E-state index contributed by atoms with van der Waals surface area (Å²) in [6.45, 7) is 0.688. The van der Waals surface area contributed by atoms with Gasteiger partial charge in [0.15, 0.2) is 0 Å². The third-order valence-corrected chi connectivity index (χ3v) is 3.99. The fourth-order valence-electron chi connectivity index (χ4n) is 2.43. The first-order valence-electron chi connectivity index (χ1n) is 9.02. The van der Waals surface area contributed by atoms with E-state index in [9.17, 15) is 13.6 Å². The maximum atomic E-state index is 12.2. The molecule has 5 nitrogen and oxygen atoms in total. The van der Waals surface area contributed by atoms with Crippen molar-refractivity contribution < 1.29 is 23.1 Å². The van der Waals surface area contributed by atoms with Crippen LogP contribution in [0.3, 0.4) is 0 Å². The number of halogens is 2. The molecule has 0 aliphatic rings. The lowest BCUT2D eigenvalue weighted by Gasteiger charge is -2.16. The van der Waals surface area contributed by atoms with Crippen LogP contribution in [0.25, 0.3) is 0 Å². The van der Waals surface area contributed by atoms with E-state index in [1.165, 1.54) is 23.9 Å². The second kappa shape index (κ2) is 11.0. The number of oxime groups is 1. The minimum absolute atomic E-state index is 0.00474. The maximum Gasteiger partial charge on any atom is 0.387 e. The number of nitrogens with zero attached hydrogens (tertiary/aromatic N) is 1. The fourth-order valence-corrected chi connectivity index (χ4v) is 2.43. The molecule has 0 spiro atoms. The first-order valence-corrected chi connectivity index (χ1v) is 9.02. The van der Waals surface area contributed by atoms with Crippen LogP contribution in [0.5, 0.6) is 5.75 Å². The molecule has 1 N–H and O–H groups in total. The van der Waals surface area contributed by atoms with Crippen LogP contribution in [0.1, 0.15) is 31.4 Å². The average Bonchev–Trinajstić information content (AvgIpc) is 2.68. The first kappa shape index (κ1) is 21.3. The molecule has 2 rings (SSSR count). The second-order valence-corrected chi connectivity index (χ2v) is 6.36. The molecule has 0 aliphatic heterocycles. The van der Waals surface area contributed by atoms with Crippen molar-refractivity contribution in [3.63, 3.8) is 0 Å². The van der Waals surface area contributed by atoms with E-state index in [0.29, 0.717) is 5.56 Å². The summed E-state index contributed by atoms with van der Waals surface area (Å²) in [5.41, 5.74) is 1.85. The highest BCUT2D eigenvalue weighted by Gasteiger charge is 2.16. The zero-order valence-electron chi connectivity index (χ0n) is 15.8. The molecular formula is C21H24F2N2O3. The van der Waals surface area contributed by atoms with Crippen LogP contribution in [0.15, 0.2) is 59.8 Å². The number of amides is 1. The summed E-state index contributed by atoms with van der Waals surface area (Å²) < 4.78 is 28.5. The van der Waals surface area contributed by atoms with Crippen molar-refractivity contribution >= 4 is 12.1 Å². The van der Waals surface area contributed by atoms with Crippen LogP contribution in [0.2, 0.25) is 0 Å². The van der Waals surface area contributed by atoms with E-state index in [-0.39, 0.29) is 17.7 Å². The van der Waals surface area contributed by atoms with E-state index in [2.05, 4.69) is 27.3 Å². The Hall–Kier alpha value is -2.96. The summed E-state index contributed by atoms with van der Waals surface area (Å²) in [6, 6.07) is 16.0. The Balaban J connectivity index is 1.73. The first-order chi connectivity index (χ1) is 13.4. The molecule has 2 aromatic carbocycles. The molecular weight excluding hydrogens is 366 g/mol. The highest BCUT2D eigenvalue weighted by molar-refractivity contribution is 5.81. The smallest absolute Gasteiger partial charge is 0.387 e. The standard InChI is InChI=1S/C21H24F2N2O3/c1-15(8-9-17-6-4-3-5-7-17)25-20(26)16(2)28-24-14-18-10-12-19(13-11-18)27-21(22)23/h3-7,10-16,21H,8-9H2,1-2H3,(H,25,26)/b24-14+. The maximum absolute atomic E-state index is 12.2. The van der Waals surface area contributed by atoms with Gasteiger partial charge in [0, 0.05) is 6.04 Å². The molecule has 1 amide bonds. The predicted molar refractivity (Wildman–Crippen MR) is 104 cm³/mol. The second-order valence-electron chi connectivity index (χ2n) is 6.36. The molecule has 0 saturated heterocycles. The number of aryl methyl sites for hydroxylation is 1. The lowest BCUT2D eigenvalue weighted by Crippen LogP contribution is -2.39. The number of hydrogen-bond acceptors (Lipinski definition) is 4. The summed E-state index contributed by atoms with van der Waals surface area (Å²) in [6.07, 6.45) is 2.34. The third-order valence-electron chi connectivity index (χ3n) is 3.99. The predicted octanol–water partition coefficient (Wildman–Crippen LogP) is 4.16. The van der Waals surface area contributed by atoms with Crippen molar-refractivity contribution in [2.45, 2.75) is 45.4 Å². The van der Waals surface area contributed by atoms with Crippen molar-refractivity contribution in [2.24, 2.45) is 5.16 Å². The van der Waals surface area contributed by atoms with Crippen LogP contribution in [0, 0.1) is 0 Å².